The third-order valence-corrected chi connectivity index (χ3v) is 15.6. The molecule has 8 atom stereocenters. The van der Waals surface area contributed by atoms with Crippen LogP contribution in [0, 0.1) is 0 Å². The van der Waals surface area contributed by atoms with Crippen LogP contribution in [0.25, 0.3) is 0 Å². The minimum Gasteiger partial charge on any atom is -0.393 e. The SMILES string of the molecule is CCCCCCCCCCCCCCCCCCCC/C=C\CCCCCCCCCCCCCCCCCC(O)CC(=O)NC(COP(=O)(O)OC1C(O)C(O)C(O)C(O)C1O)C(O)CCCCCC. The van der Waals surface area contributed by atoms with Gasteiger partial charge in [0.1, 0.15) is 36.6 Å². The normalized spacial score (nSPS) is 21.7. The van der Waals surface area contributed by atoms with Gasteiger partial charge in [-0.05, 0) is 38.5 Å². The van der Waals surface area contributed by atoms with Crippen LogP contribution in [0.5, 0.6) is 0 Å². The average molecular weight is 1030 g/mol. The van der Waals surface area contributed by atoms with Crippen molar-refractivity contribution in [2.24, 2.45) is 0 Å². The number of hydrogen-bond acceptors (Lipinski definition) is 11. The van der Waals surface area contributed by atoms with E-state index in [2.05, 4.69) is 24.4 Å². The van der Waals surface area contributed by atoms with Crippen molar-refractivity contribution in [2.45, 2.75) is 338 Å². The van der Waals surface area contributed by atoms with Gasteiger partial charge in [0, 0.05) is 0 Å². The number of phosphoric acid groups is 1. The molecule has 0 aromatic rings. The van der Waals surface area contributed by atoms with Crippen molar-refractivity contribution in [1.29, 1.82) is 0 Å². The second kappa shape index (κ2) is 46.4. The lowest BCUT2D eigenvalue weighted by Crippen LogP contribution is -2.64. The van der Waals surface area contributed by atoms with E-state index in [1.165, 1.54) is 199 Å². The minimum atomic E-state index is -5.10. The summed E-state index contributed by atoms with van der Waals surface area (Å²) in [6.07, 6.45) is 41.5. The minimum absolute atomic E-state index is 0.220. The van der Waals surface area contributed by atoms with Crippen molar-refractivity contribution in [3.63, 3.8) is 0 Å². The molecule has 14 heteroatoms. The molecule has 1 aliphatic carbocycles. The molecule has 13 nitrogen and oxygen atoms in total. The number of allylic oxidation sites excluding steroid dienone is 2. The summed E-state index contributed by atoms with van der Waals surface area (Å²) < 4.78 is 22.7. The lowest BCUT2D eigenvalue weighted by atomic mass is 9.85. The molecule has 0 aliphatic heterocycles. The van der Waals surface area contributed by atoms with Crippen LogP contribution < -0.4 is 5.32 Å². The number of hydrogen-bond donors (Lipinski definition) is 9. The molecule has 0 heterocycles. The predicted molar refractivity (Wildman–Crippen MR) is 289 cm³/mol. The van der Waals surface area contributed by atoms with Gasteiger partial charge in [-0.25, -0.2) is 4.57 Å². The first-order valence-electron chi connectivity index (χ1n) is 29.7. The molecule has 1 amide bonds. The maximum absolute atomic E-state index is 12.9. The van der Waals surface area contributed by atoms with Crippen LogP contribution in [0.15, 0.2) is 12.2 Å². The molecule has 8 unspecified atom stereocenters. The van der Waals surface area contributed by atoms with Crippen LogP contribution in [-0.4, -0.2) is 108 Å². The molecule has 0 aromatic carbocycles. The number of phosphoric ester groups is 1. The summed E-state index contributed by atoms with van der Waals surface area (Å²) in [6, 6.07) is -1.15. The maximum atomic E-state index is 12.9. The fraction of sp³-hybridized carbons (Fsp3) is 0.947. The number of amides is 1. The monoisotopic (exact) mass is 1030 g/mol. The van der Waals surface area contributed by atoms with Gasteiger partial charge in [0.2, 0.25) is 5.91 Å². The fourth-order valence-electron chi connectivity index (χ4n) is 9.83. The molecular formula is C57H112NO12P. The van der Waals surface area contributed by atoms with Crippen molar-refractivity contribution in [3.05, 3.63) is 12.2 Å². The summed E-state index contributed by atoms with van der Waals surface area (Å²) in [4.78, 5) is 23.3. The molecule has 71 heavy (non-hydrogen) atoms. The van der Waals surface area contributed by atoms with Crippen molar-refractivity contribution in [3.8, 4) is 0 Å². The highest BCUT2D eigenvalue weighted by atomic mass is 31.2. The Labute approximate surface area is 433 Å². The Balaban J connectivity index is 2.01. The number of aliphatic hydroxyl groups excluding tert-OH is 7. The Kier molecular flexibility index (Phi) is 44.4. The number of unbranched alkanes of at least 4 members (excludes halogenated alkanes) is 36. The second-order valence-electron chi connectivity index (χ2n) is 21.4. The van der Waals surface area contributed by atoms with E-state index < -0.39 is 75.2 Å². The Hall–Kier alpha value is -0.960. The zero-order valence-corrected chi connectivity index (χ0v) is 46.3. The summed E-state index contributed by atoms with van der Waals surface area (Å²) in [5.41, 5.74) is 0. The van der Waals surface area contributed by atoms with Gasteiger partial charge in [-0.1, -0.05) is 251 Å². The highest BCUT2D eigenvalue weighted by molar-refractivity contribution is 7.47. The van der Waals surface area contributed by atoms with Gasteiger partial charge in [0.05, 0.1) is 31.3 Å². The quantitative estimate of drug-likeness (QED) is 0.0158. The van der Waals surface area contributed by atoms with E-state index in [0.717, 1.165) is 44.9 Å². The summed E-state index contributed by atoms with van der Waals surface area (Å²) in [5, 5.41) is 74.1. The van der Waals surface area contributed by atoms with Crippen molar-refractivity contribution in [2.75, 3.05) is 6.61 Å². The van der Waals surface area contributed by atoms with E-state index in [1.54, 1.807) is 0 Å². The van der Waals surface area contributed by atoms with E-state index in [0.29, 0.717) is 12.8 Å². The summed E-state index contributed by atoms with van der Waals surface area (Å²) in [6.45, 7) is 3.65. The van der Waals surface area contributed by atoms with Crippen molar-refractivity contribution in [1.82, 2.24) is 5.32 Å². The van der Waals surface area contributed by atoms with E-state index >= 15 is 0 Å². The molecule has 0 aromatic heterocycles. The molecule has 0 spiro atoms. The summed E-state index contributed by atoms with van der Waals surface area (Å²) in [5.74, 6) is -0.565. The predicted octanol–water partition coefficient (Wildman–Crippen LogP) is 12.5. The molecule has 9 N–H and O–H groups in total. The van der Waals surface area contributed by atoms with Gasteiger partial charge in [-0.3, -0.25) is 13.8 Å². The number of nitrogens with one attached hydrogen (secondary N) is 1. The molecule has 1 fully saturated rings. The molecular weight excluding hydrogens is 922 g/mol. The Morgan fingerprint density at radius 1 is 0.479 bits per heavy atom. The van der Waals surface area contributed by atoms with Gasteiger partial charge in [0.15, 0.2) is 0 Å². The topological polar surface area (TPSA) is 226 Å². The van der Waals surface area contributed by atoms with Gasteiger partial charge in [0.25, 0.3) is 0 Å². The van der Waals surface area contributed by atoms with E-state index in [4.69, 9.17) is 9.05 Å². The maximum Gasteiger partial charge on any atom is 0.472 e. The Morgan fingerprint density at radius 2 is 0.789 bits per heavy atom. The molecule has 1 rings (SSSR count). The fourth-order valence-corrected chi connectivity index (χ4v) is 10.8. The largest absolute Gasteiger partial charge is 0.472 e. The third kappa shape index (κ3) is 37.4. The first-order chi connectivity index (χ1) is 34.3. The van der Waals surface area contributed by atoms with Crippen LogP contribution in [0.3, 0.4) is 0 Å². The molecule has 1 saturated carbocycles. The Bertz CT molecular complexity index is 1260. The zero-order valence-electron chi connectivity index (χ0n) is 45.4. The highest BCUT2D eigenvalue weighted by Crippen LogP contribution is 2.47. The van der Waals surface area contributed by atoms with Gasteiger partial charge in [-0.15, -0.1) is 0 Å². The number of rotatable bonds is 51. The van der Waals surface area contributed by atoms with Gasteiger partial charge in [-0.2, -0.15) is 0 Å². The van der Waals surface area contributed by atoms with Crippen LogP contribution in [0.1, 0.15) is 284 Å². The van der Waals surface area contributed by atoms with Crippen LogP contribution in [0.2, 0.25) is 0 Å². The molecule has 0 saturated heterocycles. The van der Waals surface area contributed by atoms with Crippen LogP contribution in [0.4, 0.5) is 0 Å². The standard InChI is InChI=1S/C57H112NO12P/c1-3-5-7-9-10-11-12-13-14-15-16-17-18-19-20-21-22-23-24-25-26-27-28-29-30-31-32-33-34-35-36-37-38-39-40-41-42-44-48(59)46-51(61)58-49(50(60)45-43-8-6-4-2)47-69-71(67,68)70-57-55(65)53(63)52(62)54(64)56(57)66/h25-26,48-50,52-57,59-60,62-66H,3-24,27-47H2,1-2H3,(H,58,61)(H,67,68)/b26-25-. The molecule has 1 aliphatic rings. The highest BCUT2D eigenvalue weighted by Gasteiger charge is 2.51. The van der Waals surface area contributed by atoms with Crippen molar-refractivity contribution >= 4 is 13.7 Å². The van der Waals surface area contributed by atoms with Gasteiger partial charge < -0.3 is 46.0 Å². The van der Waals surface area contributed by atoms with Gasteiger partial charge >= 0.3 is 7.82 Å². The lowest BCUT2D eigenvalue weighted by Gasteiger charge is -2.41. The van der Waals surface area contributed by atoms with Crippen molar-refractivity contribution < 1.29 is 59.0 Å². The average Bonchev–Trinajstić information content (AvgIpc) is 3.35. The summed E-state index contributed by atoms with van der Waals surface area (Å²) >= 11 is 0. The van der Waals surface area contributed by atoms with Crippen LogP contribution >= 0.6 is 7.82 Å². The first kappa shape index (κ1) is 68.1. The molecule has 0 radical (unpaired) electrons. The molecule has 422 valence electrons. The van der Waals surface area contributed by atoms with E-state index in [1.807, 2.05) is 6.92 Å². The smallest absolute Gasteiger partial charge is 0.393 e. The second-order valence-corrected chi connectivity index (χ2v) is 22.8. The van der Waals surface area contributed by atoms with E-state index in [9.17, 15) is 50.0 Å². The van der Waals surface area contributed by atoms with Crippen LogP contribution in [-0.2, 0) is 18.4 Å². The zero-order chi connectivity index (χ0) is 52.2. The number of aliphatic hydroxyl groups is 7. The lowest BCUT2D eigenvalue weighted by molar-refractivity contribution is -0.220. The summed E-state index contributed by atoms with van der Waals surface area (Å²) in [7, 11) is -5.10. The number of carbonyl (C=O) groups is 1. The Morgan fingerprint density at radius 3 is 1.17 bits per heavy atom. The van der Waals surface area contributed by atoms with E-state index in [-0.39, 0.29) is 12.8 Å². The third-order valence-electron chi connectivity index (χ3n) is 14.6. The number of carbonyl (C=O) groups excluding carboxylic acids is 1. The molecule has 0 bridgehead atoms. The first-order valence-corrected chi connectivity index (χ1v) is 31.2.